The molecule has 0 saturated heterocycles. The number of nitrogens with one attached hydrogen (secondary N) is 2. The highest BCUT2D eigenvalue weighted by molar-refractivity contribution is 7.13. The first-order chi connectivity index (χ1) is 12.7. The molecule has 0 unspecified atom stereocenters. The Morgan fingerprint density at radius 1 is 1.23 bits per heavy atom. The second kappa shape index (κ2) is 9.05. The molecule has 26 heavy (non-hydrogen) atoms. The van der Waals surface area contributed by atoms with Gasteiger partial charge in [-0.3, -0.25) is 4.99 Å². The van der Waals surface area contributed by atoms with Gasteiger partial charge in [0.15, 0.2) is 5.96 Å². The molecule has 0 bridgehead atoms. The summed E-state index contributed by atoms with van der Waals surface area (Å²) in [5.74, 6) is 2.20. The Bertz CT molecular complexity index is 826. The summed E-state index contributed by atoms with van der Waals surface area (Å²) in [6, 6.07) is 12.0. The molecule has 0 amide bonds. The van der Waals surface area contributed by atoms with Gasteiger partial charge in [-0.15, -0.1) is 11.3 Å². The number of nitrogens with zero attached hydrogens (tertiary/aromatic N) is 2. The standard InChI is InChI=1S/C19H22N4O2S/c1-14-5-7-16(8-6-14)24-10-9-21-19(20-2)22-12-15-13-25-18(23-15)17-4-3-11-26-17/h3-8,11,13H,9-10,12H2,1-2H3,(H2,20,21,22). The topological polar surface area (TPSA) is 71.7 Å². The maximum Gasteiger partial charge on any atom is 0.236 e. The van der Waals surface area contributed by atoms with E-state index in [-0.39, 0.29) is 0 Å². The maximum absolute atomic E-state index is 5.69. The van der Waals surface area contributed by atoms with E-state index in [1.807, 2.05) is 41.8 Å². The smallest absolute Gasteiger partial charge is 0.236 e. The zero-order chi connectivity index (χ0) is 18.2. The zero-order valence-electron chi connectivity index (χ0n) is 14.9. The van der Waals surface area contributed by atoms with Gasteiger partial charge < -0.3 is 19.8 Å². The molecule has 2 aromatic heterocycles. The van der Waals surface area contributed by atoms with E-state index in [1.165, 1.54) is 5.56 Å². The fraction of sp³-hybridized carbons (Fsp3) is 0.263. The molecule has 0 saturated carbocycles. The molecule has 1 aromatic carbocycles. The minimum Gasteiger partial charge on any atom is -0.492 e. The van der Waals surface area contributed by atoms with Crippen molar-refractivity contribution in [3.63, 3.8) is 0 Å². The number of oxazole rings is 1. The number of ether oxygens (including phenoxy) is 1. The lowest BCUT2D eigenvalue weighted by Crippen LogP contribution is -2.38. The van der Waals surface area contributed by atoms with E-state index in [0.717, 1.165) is 16.3 Å². The third-order valence-electron chi connectivity index (χ3n) is 3.63. The lowest BCUT2D eigenvalue weighted by atomic mass is 10.2. The molecule has 3 rings (SSSR count). The van der Waals surface area contributed by atoms with Crippen LogP contribution >= 0.6 is 11.3 Å². The van der Waals surface area contributed by atoms with E-state index in [0.29, 0.717) is 31.5 Å². The van der Waals surface area contributed by atoms with Crippen LogP contribution in [0.25, 0.3) is 10.8 Å². The van der Waals surface area contributed by atoms with Crippen LogP contribution in [0.15, 0.2) is 57.5 Å². The number of hydrogen-bond donors (Lipinski definition) is 2. The number of benzene rings is 1. The average molecular weight is 370 g/mol. The highest BCUT2D eigenvalue weighted by atomic mass is 32.1. The van der Waals surface area contributed by atoms with Gasteiger partial charge in [0.1, 0.15) is 18.6 Å². The quantitative estimate of drug-likeness (QED) is 0.379. The highest BCUT2D eigenvalue weighted by Gasteiger charge is 2.08. The van der Waals surface area contributed by atoms with Gasteiger partial charge in [-0.2, -0.15) is 0 Å². The Kier molecular flexibility index (Phi) is 6.27. The monoisotopic (exact) mass is 370 g/mol. The Balaban J connectivity index is 1.40. The summed E-state index contributed by atoms with van der Waals surface area (Å²) in [4.78, 5) is 9.69. The second-order valence-corrected chi connectivity index (χ2v) is 6.58. The molecular weight excluding hydrogens is 348 g/mol. The molecule has 0 aliphatic rings. The number of aliphatic imine (C=N–C) groups is 1. The first kappa shape index (κ1) is 18.0. The van der Waals surface area contributed by atoms with E-state index < -0.39 is 0 Å². The third-order valence-corrected chi connectivity index (χ3v) is 4.49. The first-order valence-corrected chi connectivity index (χ1v) is 9.25. The number of thiophene rings is 1. The maximum atomic E-state index is 5.69. The number of guanidine groups is 1. The molecule has 3 aromatic rings. The van der Waals surface area contributed by atoms with Crippen LogP contribution in [0.3, 0.4) is 0 Å². The Labute approximate surface area is 156 Å². The highest BCUT2D eigenvalue weighted by Crippen LogP contribution is 2.23. The predicted octanol–water partition coefficient (Wildman–Crippen LogP) is 3.46. The zero-order valence-corrected chi connectivity index (χ0v) is 15.7. The second-order valence-electron chi connectivity index (χ2n) is 5.64. The fourth-order valence-electron chi connectivity index (χ4n) is 2.27. The average Bonchev–Trinajstić information content (AvgIpc) is 3.34. The number of hydrogen-bond acceptors (Lipinski definition) is 5. The van der Waals surface area contributed by atoms with E-state index in [4.69, 9.17) is 9.15 Å². The van der Waals surface area contributed by atoms with E-state index in [2.05, 4.69) is 27.5 Å². The van der Waals surface area contributed by atoms with Crippen molar-refractivity contribution in [2.24, 2.45) is 4.99 Å². The van der Waals surface area contributed by atoms with Crippen molar-refractivity contribution < 1.29 is 9.15 Å². The SMILES string of the molecule is CN=C(NCCOc1ccc(C)cc1)NCc1coc(-c2cccs2)n1. The minimum absolute atomic E-state index is 0.535. The summed E-state index contributed by atoms with van der Waals surface area (Å²) < 4.78 is 11.2. The molecule has 0 spiro atoms. The van der Waals surface area contributed by atoms with Gasteiger partial charge >= 0.3 is 0 Å². The fourth-order valence-corrected chi connectivity index (χ4v) is 2.92. The van der Waals surface area contributed by atoms with E-state index in [1.54, 1.807) is 24.6 Å². The molecule has 2 N–H and O–H groups in total. The lowest BCUT2D eigenvalue weighted by molar-refractivity contribution is 0.322. The summed E-state index contributed by atoms with van der Waals surface area (Å²) in [5, 5.41) is 8.43. The van der Waals surface area contributed by atoms with Crippen molar-refractivity contribution in [2.45, 2.75) is 13.5 Å². The van der Waals surface area contributed by atoms with Crippen LogP contribution in [0.1, 0.15) is 11.3 Å². The van der Waals surface area contributed by atoms with Crippen molar-refractivity contribution in [3.8, 4) is 16.5 Å². The molecule has 0 aliphatic carbocycles. The molecule has 136 valence electrons. The van der Waals surface area contributed by atoms with Crippen LogP contribution in [0.5, 0.6) is 5.75 Å². The summed E-state index contributed by atoms with van der Waals surface area (Å²) in [5.41, 5.74) is 2.04. The normalized spacial score (nSPS) is 11.4. The van der Waals surface area contributed by atoms with Crippen molar-refractivity contribution in [1.29, 1.82) is 0 Å². The minimum atomic E-state index is 0.535. The first-order valence-electron chi connectivity index (χ1n) is 8.37. The van der Waals surface area contributed by atoms with Crippen molar-refractivity contribution in [2.75, 3.05) is 20.2 Å². The molecular formula is C19H22N4O2S. The Morgan fingerprint density at radius 3 is 2.81 bits per heavy atom. The van der Waals surface area contributed by atoms with Crippen LogP contribution in [0, 0.1) is 6.92 Å². The molecule has 0 fully saturated rings. The molecule has 0 radical (unpaired) electrons. The van der Waals surface area contributed by atoms with Gasteiger partial charge in [-0.1, -0.05) is 23.8 Å². The Hall–Kier alpha value is -2.80. The molecule has 0 atom stereocenters. The molecule has 6 nitrogen and oxygen atoms in total. The van der Waals surface area contributed by atoms with Gasteiger partial charge in [0.25, 0.3) is 0 Å². The van der Waals surface area contributed by atoms with Gasteiger partial charge in [0.2, 0.25) is 5.89 Å². The summed E-state index contributed by atoms with van der Waals surface area (Å²) >= 11 is 1.60. The van der Waals surface area contributed by atoms with Crippen LogP contribution in [-0.2, 0) is 6.54 Å². The Morgan fingerprint density at radius 2 is 2.08 bits per heavy atom. The van der Waals surface area contributed by atoms with E-state index >= 15 is 0 Å². The van der Waals surface area contributed by atoms with Gasteiger partial charge in [-0.25, -0.2) is 4.98 Å². The molecule has 0 aliphatic heterocycles. The van der Waals surface area contributed by atoms with E-state index in [9.17, 15) is 0 Å². The third kappa shape index (κ3) is 5.10. The predicted molar refractivity (Wildman–Crippen MR) is 105 cm³/mol. The van der Waals surface area contributed by atoms with Gasteiger partial charge in [0, 0.05) is 7.05 Å². The molecule has 2 heterocycles. The summed E-state index contributed by atoms with van der Waals surface area (Å²) in [6.45, 7) is 3.79. The van der Waals surface area contributed by atoms with Gasteiger partial charge in [-0.05, 0) is 30.5 Å². The van der Waals surface area contributed by atoms with Crippen molar-refractivity contribution in [3.05, 3.63) is 59.3 Å². The lowest BCUT2D eigenvalue weighted by Gasteiger charge is -2.11. The summed E-state index contributed by atoms with van der Waals surface area (Å²) in [7, 11) is 1.73. The molecule has 7 heteroatoms. The van der Waals surface area contributed by atoms with Crippen LogP contribution in [-0.4, -0.2) is 31.1 Å². The van der Waals surface area contributed by atoms with Crippen molar-refractivity contribution >= 4 is 17.3 Å². The number of aromatic nitrogens is 1. The van der Waals surface area contributed by atoms with Gasteiger partial charge in [0.05, 0.1) is 23.7 Å². The summed E-state index contributed by atoms with van der Waals surface area (Å²) in [6.07, 6.45) is 1.66. The van der Waals surface area contributed by atoms with Crippen LogP contribution in [0.2, 0.25) is 0 Å². The number of aryl methyl sites for hydroxylation is 1. The van der Waals surface area contributed by atoms with Crippen molar-refractivity contribution in [1.82, 2.24) is 15.6 Å². The van der Waals surface area contributed by atoms with Crippen LogP contribution < -0.4 is 15.4 Å². The van der Waals surface area contributed by atoms with Crippen LogP contribution in [0.4, 0.5) is 0 Å². The number of rotatable bonds is 7. The largest absolute Gasteiger partial charge is 0.492 e.